The van der Waals surface area contributed by atoms with Crippen LogP contribution in [0, 0.1) is 5.92 Å². The molecule has 3 nitrogen and oxygen atoms in total. The molecule has 3 heteroatoms. The van der Waals surface area contributed by atoms with Crippen LogP contribution in [0.4, 0.5) is 0 Å². The lowest BCUT2D eigenvalue weighted by Gasteiger charge is -2.28. The van der Waals surface area contributed by atoms with Gasteiger partial charge in [0.25, 0.3) is 0 Å². The zero-order valence-electron chi connectivity index (χ0n) is 12.0. The summed E-state index contributed by atoms with van der Waals surface area (Å²) >= 11 is 0. The Bertz CT molecular complexity index is 350. The van der Waals surface area contributed by atoms with Gasteiger partial charge in [0.15, 0.2) is 0 Å². The fourth-order valence-electron chi connectivity index (χ4n) is 2.83. The molecule has 1 atom stereocenters. The standard InChI is InChI=1S/C15H27N3/c1-12(2)18-10-9-15(17-18)11-16-13(3)14-7-5-4-6-8-14/h9-10,12-14,16H,4-8,11H2,1-3H3. The van der Waals surface area contributed by atoms with E-state index < -0.39 is 0 Å². The van der Waals surface area contributed by atoms with E-state index in [4.69, 9.17) is 0 Å². The van der Waals surface area contributed by atoms with Gasteiger partial charge < -0.3 is 5.32 Å². The largest absolute Gasteiger partial charge is 0.308 e. The number of rotatable bonds is 5. The number of nitrogens with zero attached hydrogens (tertiary/aromatic N) is 2. The highest BCUT2D eigenvalue weighted by Gasteiger charge is 2.19. The van der Waals surface area contributed by atoms with Gasteiger partial charge in [-0.2, -0.15) is 5.10 Å². The van der Waals surface area contributed by atoms with E-state index in [-0.39, 0.29) is 0 Å². The van der Waals surface area contributed by atoms with Gasteiger partial charge in [-0.3, -0.25) is 4.68 Å². The summed E-state index contributed by atoms with van der Waals surface area (Å²) in [6.07, 6.45) is 9.13. The monoisotopic (exact) mass is 249 g/mol. The first-order chi connectivity index (χ1) is 8.66. The molecule has 0 spiro atoms. The summed E-state index contributed by atoms with van der Waals surface area (Å²) in [5, 5.41) is 8.23. The molecule has 1 aliphatic carbocycles. The zero-order chi connectivity index (χ0) is 13.0. The van der Waals surface area contributed by atoms with Crippen LogP contribution in [0.3, 0.4) is 0 Å². The summed E-state index contributed by atoms with van der Waals surface area (Å²) in [6, 6.07) is 3.20. The molecule has 0 aliphatic heterocycles. The van der Waals surface area contributed by atoms with Crippen molar-refractivity contribution in [3.05, 3.63) is 18.0 Å². The van der Waals surface area contributed by atoms with Gasteiger partial charge in [0.1, 0.15) is 0 Å². The van der Waals surface area contributed by atoms with Crippen LogP contribution in [-0.2, 0) is 6.54 Å². The molecule has 0 aromatic carbocycles. The second kappa shape index (κ2) is 6.37. The average Bonchev–Trinajstić information content (AvgIpc) is 2.86. The molecule has 1 N–H and O–H groups in total. The van der Waals surface area contributed by atoms with Crippen molar-refractivity contribution in [2.45, 2.75) is 71.5 Å². The van der Waals surface area contributed by atoms with Gasteiger partial charge in [-0.25, -0.2) is 0 Å². The molecule has 1 aromatic heterocycles. The second-order valence-corrected chi connectivity index (χ2v) is 5.95. The van der Waals surface area contributed by atoms with Gasteiger partial charge in [0, 0.05) is 24.8 Å². The predicted octanol–water partition coefficient (Wildman–Crippen LogP) is 3.52. The molecule has 0 saturated heterocycles. The average molecular weight is 249 g/mol. The fraction of sp³-hybridized carbons (Fsp3) is 0.800. The number of aromatic nitrogens is 2. The minimum Gasteiger partial charge on any atom is -0.308 e. The lowest BCUT2D eigenvalue weighted by molar-refractivity contribution is 0.280. The molecule has 18 heavy (non-hydrogen) atoms. The number of hydrogen-bond acceptors (Lipinski definition) is 2. The molecule has 1 heterocycles. The topological polar surface area (TPSA) is 29.9 Å². The summed E-state index contributed by atoms with van der Waals surface area (Å²) in [6.45, 7) is 7.55. The maximum Gasteiger partial charge on any atom is 0.0762 e. The Balaban J connectivity index is 1.79. The summed E-state index contributed by atoms with van der Waals surface area (Å²) in [4.78, 5) is 0. The van der Waals surface area contributed by atoms with E-state index in [1.807, 2.05) is 4.68 Å². The van der Waals surface area contributed by atoms with Crippen molar-refractivity contribution < 1.29 is 0 Å². The fourth-order valence-corrected chi connectivity index (χ4v) is 2.83. The highest BCUT2D eigenvalue weighted by molar-refractivity contribution is 4.99. The Morgan fingerprint density at radius 2 is 2.00 bits per heavy atom. The van der Waals surface area contributed by atoms with E-state index in [2.05, 4.69) is 43.4 Å². The van der Waals surface area contributed by atoms with Crippen LogP contribution < -0.4 is 5.32 Å². The molecule has 102 valence electrons. The summed E-state index contributed by atoms with van der Waals surface area (Å²) in [7, 11) is 0. The number of hydrogen-bond donors (Lipinski definition) is 1. The highest BCUT2D eigenvalue weighted by Crippen LogP contribution is 2.26. The zero-order valence-corrected chi connectivity index (χ0v) is 12.0. The van der Waals surface area contributed by atoms with Gasteiger partial charge in [-0.15, -0.1) is 0 Å². The first-order valence-electron chi connectivity index (χ1n) is 7.44. The van der Waals surface area contributed by atoms with Gasteiger partial charge in [-0.05, 0) is 45.6 Å². The van der Waals surface area contributed by atoms with Crippen molar-refractivity contribution in [1.29, 1.82) is 0 Å². The lowest BCUT2D eigenvalue weighted by atomic mass is 9.84. The molecule has 0 bridgehead atoms. The van der Waals surface area contributed by atoms with Crippen LogP contribution in [-0.4, -0.2) is 15.8 Å². The van der Waals surface area contributed by atoms with Crippen molar-refractivity contribution in [2.75, 3.05) is 0 Å². The smallest absolute Gasteiger partial charge is 0.0762 e. The van der Waals surface area contributed by atoms with Gasteiger partial charge in [0.05, 0.1) is 5.69 Å². The van der Waals surface area contributed by atoms with Gasteiger partial charge in [0.2, 0.25) is 0 Å². The van der Waals surface area contributed by atoms with Crippen LogP contribution in [0.25, 0.3) is 0 Å². The van der Waals surface area contributed by atoms with Crippen molar-refractivity contribution in [2.24, 2.45) is 5.92 Å². The van der Waals surface area contributed by atoms with E-state index >= 15 is 0 Å². The summed E-state index contributed by atoms with van der Waals surface area (Å²) < 4.78 is 2.03. The Morgan fingerprint density at radius 1 is 1.28 bits per heavy atom. The van der Waals surface area contributed by atoms with Crippen molar-refractivity contribution in [3.8, 4) is 0 Å². The van der Waals surface area contributed by atoms with Crippen molar-refractivity contribution in [3.63, 3.8) is 0 Å². The van der Waals surface area contributed by atoms with E-state index in [0.717, 1.165) is 18.2 Å². The Labute approximate surface area is 111 Å². The van der Waals surface area contributed by atoms with Crippen LogP contribution in [0.2, 0.25) is 0 Å². The molecule has 1 aliphatic rings. The maximum absolute atomic E-state index is 4.58. The Morgan fingerprint density at radius 3 is 2.61 bits per heavy atom. The predicted molar refractivity (Wildman–Crippen MR) is 75.5 cm³/mol. The van der Waals surface area contributed by atoms with Crippen molar-refractivity contribution in [1.82, 2.24) is 15.1 Å². The highest BCUT2D eigenvalue weighted by atomic mass is 15.3. The minimum absolute atomic E-state index is 0.453. The quantitative estimate of drug-likeness (QED) is 0.865. The molecule has 1 aromatic rings. The molecular weight excluding hydrogens is 222 g/mol. The maximum atomic E-state index is 4.58. The number of nitrogens with one attached hydrogen (secondary N) is 1. The van der Waals surface area contributed by atoms with Crippen LogP contribution in [0.15, 0.2) is 12.3 Å². The third-order valence-corrected chi connectivity index (χ3v) is 4.15. The van der Waals surface area contributed by atoms with Gasteiger partial charge >= 0.3 is 0 Å². The van der Waals surface area contributed by atoms with E-state index in [0.29, 0.717) is 12.1 Å². The third kappa shape index (κ3) is 3.58. The Kier molecular flexibility index (Phi) is 4.81. The molecular formula is C15H27N3. The normalized spacial score (nSPS) is 19.3. The minimum atomic E-state index is 0.453. The Hall–Kier alpha value is -0.830. The lowest BCUT2D eigenvalue weighted by Crippen LogP contribution is -2.34. The third-order valence-electron chi connectivity index (χ3n) is 4.15. The first kappa shape index (κ1) is 13.6. The van der Waals surface area contributed by atoms with E-state index in [9.17, 15) is 0 Å². The van der Waals surface area contributed by atoms with Crippen LogP contribution >= 0.6 is 0 Å². The molecule has 0 amide bonds. The summed E-state index contributed by atoms with van der Waals surface area (Å²) in [5.74, 6) is 0.867. The van der Waals surface area contributed by atoms with Crippen molar-refractivity contribution >= 4 is 0 Å². The molecule has 1 saturated carbocycles. The van der Waals surface area contributed by atoms with Crippen LogP contribution in [0.1, 0.15) is 64.6 Å². The van der Waals surface area contributed by atoms with Gasteiger partial charge in [-0.1, -0.05) is 19.3 Å². The molecule has 1 unspecified atom stereocenters. The summed E-state index contributed by atoms with van der Waals surface area (Å²) in [5.41, 5.74) is 1.16. The first-order valence-corrected chi connectivity index (χ1v) is 7.44. The SMILES string of the molecule is CC(NCc1ccn(C(C)C)n1)C1CCCCC1. The molecule has 0 radical (unpaired) electrons. The van der Waals surface area contributed by atoms with E-state index in [1.165, 1.54) is 32.1 Å². The van der Waals surface area contributed by atoms with E-state index in [1.54, 1.807) is 0 Å². The van der Waals surface area contributed by atoms with Crippen LogP contribution in [0.5, 0.6) is 0 Å². The molecule has 2 rings (SSSR count). The second-order valence-electron chi connectivity index (χ2n) is 5.95. The molecule has 1 fully saturated rings.